The Morgan fingerprint density at radius 2 is 1.90 bits per heavy atom. The highest BCUT2D eigenvalue weighted by atomic mass is 35.5. The Hall–Kier alpha value is -0.870. The average molecular weight is 295 g/mol. The fraction of sp³-hybridized carbons (Fsp3) is 0.733. The molecule has 20 heavy (non-hydrogen) atoms. The highest BCUT2D eigenvalue weighted by Gasteiger charge is 2.18. The molecule has 0 saturated carbocycles. The Morgan fingerprint density at radius 3 is 2.75 bits per heavy atom. The Kier molecular flexibility index (Phi) is 4.73. The van der Waals surface area contributed by atoms with Crippen LogP contribution in [0.4, 0.5) is 5.95 Å². The van der Waals surface area contributed by atoms with Crippen LogP contribution >= 0.6 is 11.6 Å². The van der Waals surface area contributed by atoms with Crippen molar-refractivity contribution in [2.75, 3.05) is 31.5 Å². The van der Waals surface area contributed by atoms with E-state index in [0.29, 0.717) is 11.1 Å². The van der Waals surface area contributed by atoms with Crippen LogP contribution in [0.3, 0.4) is 0 Å². The molecule has 2 heterocycles. The van der Waals surface area contributed by atoms with Crippen LogP contribution in [0.15, 0.2) is 0 Å². The highest BCUT2D eigenvalue weighted by Crippen LogP contribution is 2.26. The summed E-state index contributed by atoms with van der Waals surface area (Å²) in [6, 6.07) is 0. The zero-order valence-corrected chi connectivity index (χ0v) is 12.8. The first-order valence-electron chi connectivity index (χ1n) is 7.84. The van der Waals surface area contributed by atoms with E-state index < -0.39 is 0 Å². The zero-order chi connectivity index (χ0) is 13.8. The second-order valence-electron chi connectivity index (χ2n) is 5.80. The van der Waals surface area contributed by atoms with E-state index in [1.165, 1.54) is 38.9 Å². The highest BCUT2D eigenvalue weighted by molar-refractivity contribution is 6.30. The van der Waals surface area contributed by atoms with Crippen molar-refractivity contribution in [1.82, 2.24) is 14.9 Å². The molecule has 0 bridgehead atoms. The maximum atomic E-state index is 6.20. The van der Waals surface area contributed by atoms with Crippen molar-refractivity contribution >= 4 is 17.5 Å². The summed E-state index contributed by atoms with van der Waals surface area (Å²) in [5, 5.41) is 3.96. The summed E-state index contributed by atoms with van der Waals surface area (Å²) in [4.78, 5) is 11.5. The molecule has 0 aromatic carbocycles. The third kappa shape index (κ3) is 3.41. The van der Waals surface area contributed by atoms with Crippen molar-refractivity contribution in [3.63, 3.8) is 0 Å². The summed E-state index contributed by atoms with van der Waals surface area (Å²) in [5.74, 6) is 0.705. The maximum Gasteiger partial charge on any atom is 0.224 e. The van der Waals surface area contributed by atoms with Gasteiger partial charge in [-0.1, -0.05) is 11.6 Å². The number of hydrogen-bond acceptors (Lipinski definition) is 4. The largest absolute Gasteiger partial charge is 0.354 e. The van der Waals surface area contributed by atoms with Crippen LogP contribution in [-0.2, 0) is 12.8 Å². The predicted molar refractivity (Wildman–Crippen MR) is 82.5 cm³/mol. The van der Waals surface area contributed by atoms with E-state index in [1.54, 1.807) is 0 Å². The van der Waals surface area contributed by atoms with E-state index in [4.69, 9.17) is 11.6 Å². The molecular weight excluding hydrogens is 272 g/mol. The molecule has 0 unspecified atom stereocenters. The number of unbranched alkanes of at least 4 members (excludes halogenated alkanes) is 1. The minimum absolute atomic E-state index is 0.645. The molecule has 1 fully saturated rings. The molecule has 4 nitrogen and oxygen atoms in total. The molecular formula is C15H23ClN4. The molecule has 5 heteroatoms. The lowest BCUT2D eigenvalue weighted by atomic mass is 10.3. The van der Waals surface area contributed by atoms with E-state index in [0.717, 1.165) is 43.5 Å². The normalized spacial score (nSPS) is 18.4. The van der Waals surface area contributed by atoms with Crippen LogP contribution in [0.1, 0.15) is 43.4 Å². The first kappa shape index (κ1) is 14.1. The molecule has 0 radical (unpaired) electrons. The molecule has 110 valence electrons. The lowest BCUT2D eigenvalue weighted by molar-refractivity contribution is 0.331. The average Bonchev–Trinajstić information content (AvgIpc) is 3.08. The van der Waals surface area contributed by atoms with Gasteiger partial charge in [-0.05, 0) is 64.6 Å². The second-order valence-corrected chi connectivity index (χ2v) is 6.16. The minimum Gasteiger partial charge on any atom is -0.354 e. The molecule has 1 N–H and O–H groups in total. The molecule has 0 spiro atoms. The van der Waals surface area contributed by atoms with Gasteiger partial charge in [0.05, 0.1) is 5.69 Å². The Bertz CT molecular complexity index is 457. The van der Waals surface area contributed by atoms with Crippen molar-refractivity contribution in [1.29, 1.82) is 0 Å². The SMILES string of the molecule is Clc1nc(NCCCCN2CCCC2)nc2c1CCC2. The summed E-state index contributed by atoms with van der Waals surface area (Å²) < 4.78 is 0. The number of nitrogens with one attached hydrogen (secondary N) is 1. The molecule has 1 aliphatic carbocycles. The van der Waals surface area contributed by atoms with Gasteiger partial charge >= 0.3 is 0 Å². The molecule has 0 amide bonds. The third-order valence-electron chi connectivity index (χ3n) is 4.27. The van der Waals surface area contributed by atoms with Crippen molar-refractivity contribution in [3.05, 3.63) is 16.4 Å². The number of halogens is 1. The minimum atomic E-state index is 0.645. The molecule has 3 rings (SSSR count). The van der Waals surface area contributed by atoms with Crippen LogP contribution in [-0.4, -0.2) is 41.0 Å². The van der Waals surface area contributed by atoms with E-state index >= 15 is 0 Å². The van der Waals surface area contributed by atoms with Crippen LogP contribution < -0.4 is 5.32 Å². The van der Waals surface area contributed by atoms with Gasteiger partial charge in [0.1, 0.15) is 5.15 Å². The van der Waals surface area contributed by atoms with Gasteiger partial charge in [0.25, 0.3) is 0 Å². The number of aryl methyl sites for hydroxylation is 1. The molecule has 1 saturated heterocycles. The van der Waals surface area contributed by atoms with Crippen LogP contribution in [0.25, 0.3) is 0 Å². The monoisotopic (exact) mass is 294 g/mol. The van der Waals surface area contributed by atoms with Gasteiger partial charge in [0.2, 0.25) is 5.95 Å². The smallest absolute Gasteiger partial charge is 0.224 e. The Morgan fingerprint density at radius 1 is 1.05 bits per heavy atom. The number of anilines is 1. The topological polar surface area (TPSA) is 41.1 Å². The summed E-state index contributed by atoms with van der Waals surface area (Å²) in [6.07, 6.45) is 8.38. The Balaban J connectivity index is 1.41. The van der Waals surface area contributed by atoms with Crippen molar-refractivity contribution in [3.8, 4) is 0 Å². The van der Waals surface area contributed by atoms with Crippen LogP contribution in [0.2, 0.25) is 5.15 Å². The number of likely N-dealkylation sites (tertiary alicyclic amines) is 1. The summed E-state index contributed by atoms with van der Waals surface area (Å²) in [5.41, 5.74) is 2.30. The lowest BCUT2D eigenvalue weighted by Gasteiger charge is -2.14. The summed E-state index contributed by atoms with van der Waals surface area (Å²) in [6.45, 7) is 4.74. The fourth-order valence-corrected chi connectivity index (χ4v) is 3.42. The molecule has 0 atom stereocenters. The quantitative estimate of drug-likeness (QED) is 0.647. The van der Waals surface area contributed by atoms with Gasteiger partial charge in [-0.15, -0.1) is 0 Å². The maximum absolute atomic E-state index is 6.20. The fourth-order valence-electron chi connectivity index (χ4n) is 3.13. The summed E-state index contributed by atoms with van der Waals surface area (Å²) >= 11 is 6.20. The molecule has 1 aromatic rings. The predicted octanol–water partition coefficient (Wildman–Crippen LogP) is 2.91. The van der Waals surface area contributed by atoms with E-state index in [2.05, 4.69) is 20.2 Å². The zero-order valence-electron chi connectivity index (χ0n) is 12.0. The number of nitrogens with zero attached hydrogens (tertiary/aromatic N) is 3. The molecule has 1 aromatic heterocycles. The summed E-state index contributed by atoms with van der Waals surface area (Å²) in [7, 11) is 0. The number of hydrogen-bond donors (Lipinski definition) is 1. The molecule has 1 aliphatic heterocycles. The standard InChI is InChI=1S/C15H23ClN4/c16-14-12-6-5-7-13(12)18-15(19-14)17-8-1-2-9-20-10-3-4-11-20/h1-11H2,(H,17,18,19). The van der Waals surface area contributed by atoms with E-state index in [9.17, 15) is 0 Å². The van der Waals surface area contributed by atoms with Crippen molar-refractivity contribution in [2.45, 2.75) is 44.9 Å². The van der Waals surface area contributed by atoms with Gasteiger partial charge < -0.3 is 10.2 Å². The number of fused-ring (bicyclic) bond motifs is 1. The number of aromatic nitrogens is 2. The Labute approximate surface area is 125 Å². The van der Waals surface area contributed by atoms with Crippen LogP contribution in [0, 0.1) is 0 Å². The van der Waals surface area contributed by atoms with E-state index in [1.807, 2.05) is 0 Å². The van der Waals surface area contributed by atoms with Crippen molar-refractivity contribution in [2.24, 2.45) is 0 Å². The van der Waals surface area contributed by atoms with Gasteiger partial charge in [-0.3, -0.25) is 0 Å². The van der Waals surface area contributed by atoms with Gasteiger partial charge in [0.15, 0.2) is 0 Å². The molecule has 2 aliphatic rings. The lowest BCUT2D eigenvalue weighted by Crippen LogP contribution is -2.21. The number of rotatable bonds is 6. The first-order chi connectivity index (χ1) is 9.83. The van der Waals surface area contributed by atoms with Gasteiger partial charge in [0, 0.05) is 12.1 Å². The van der Waals surface area contributed by atoms with Gasteiger partial charge in [-0.2, -0.15) is 0 Å². The van der Waals surface area contributed by atoms with Crippen molar-refractivity contribution < 1.29 is 0 Å². The van der Waals surface area contributed by atoms with Crippen LogP contribution in [0.5, 0.6) is 0 Å². The third-order valence-corrected chi connectivity index (χ3v) is 4.58. The van der Waals surface area contributed by atoms with E-state index in [-0.39, 0.29) is 0 Å². The van der Waals surface area contributed by atoms with Gasteiger partial charge in [-0.25, -0.2) is 9.97 Å². The first-order valence-corrected chi connectivity index (χ1v) is 8.22. The second kappa shape index (κ2) is 6.72.